The van der Waals surface area contributed by atoms with Crippen molar-refractivity contribution in [2.45, 2.75) is 19.9 Å². The summed E-state index contributed by atoms with van der Waals surface area (Å²) in [5, 5.41) is 3.22. The van der Waals surface area contributed by atoms with Crippen molar-refractivity contribution in [3.05, 3.63) is 30.1 Å². The van der Waals surface area contributed by atoms with Gasteiger partial charge in [0, 0.05) is 51.9 Å². The maximum Gasteiger partial charge on any atom is 0.409 e. The third-order valence-electron chi connectivity index (χ3n) is 3.71. The zero-order valence-corrected chi connectivity index (χ0v) is 13.5. The van der Waals surface area contributed by atoms with E-state index in [-0.39, 0.29) is 12.0 Å². The Morgan fingerprint density at radius 1 is 1.22 bits per heavy atom. The predicted molar refractivity (Wildman–Crippen MR) is 85.7 cm³/mol. The number of carbonyl (C=O) groups is 2. The molecule has 1 saturated heterocycles. The number of piperazine rings is 1. The van der Waals surface area contributed by atoms with Gasteiger partial charge in [0.05, 0.1) is 12.3 Å². The van der Waals surface area contributed by atoms with Crippen LogP contribution < -0.4 is 5.32 Å². The van der Waals surface area contributed by atoms with Crippen LogP contribution in [0.4, 0.5) is 4.79 Å². The summed E-state index contributed by atoms with van der Waals surface area (Å²) < 4.78 is 4.97. The van der Waals surface area contributed by atoms with Gasteiger partial charge in [0.2, 0.25) is 5.91 Å². The van der Waals surface area contributed by atoms with Crippen LogP contribution in [0.5, 0.6) is 0 Å². The van der Waals surface area contributed by atoms with Crippen molar-refractivity contribution in [2.24, 2.45) is 0 Å². The monoisotopic (exact) mass is 320 g/mol. The van der Waals surface area contributed by atoms with Crippen molar-refractivity contribution < 1.29 is 14.3 Å². The first-order valence-electron chi connectivity index (χ1n) is 8.00. The molecule has 23 heavy (non-hydrogen) atoms. The fourth-order valence-corrected chi connectivity index (χ4v) is 2.43. The third kappa shape index (κ3) is 5.52. The summed E-state index contributed by atoms with van der Waals surface area (Å²) in [5.74, 6) is 0.113. The lowest BCUT2D eigenvalue weighted by molar-refractivity contribution is -0.132. The van der Waals surface area contributed by atoms with Crippen molar-refractivity contribution in [2.75, 3.05) is 39.3 Å². The number of hydrogen-bond acceptors (Lipinski definition) is 5. The maximum absolute atomic E-state index is 12.1. The minimum Gasteiger partial charge on any atom is -0.450 e. The van der Waals surface area contributed by atoms with Gasteiger partial charge in [-0.15, -0.1) is 0 Å². The topological polar surface area (TPSA) is 74.8 Å². The Morgan fingerprint density at radius 2 is 1.96 bits per heavy atom. The van der Waals surface area contributed by atoms with E-state index in [0.717, 1.165) is 5.69 Å². The molecule has 1 fully saturated rings. The Morgan fingerprint density at radius 3 is 2.61 bits per heavy atom. The smallest absolute Gasteiger partial charge is 0.409 e. The lowest BCUT2D eigenvalue weighted by Crippen LogP contribution is -2.51. The predicted octanol–water partition coefficient (Wildman–Crippen LogP) is 0.862. The second-order valence-corrected chi connectivity index (χ2v) is 5.31. The Balaban J connectivity index is 1.62. The van der Waals surface area contributed by atoms with Crippen molar-refractivity contribution >= 4 is 12.0 Å². The van der Waals surface area contributed by atoms with Gasteiger partial charge in [-0.3, -0.25) is 9.78 Å². The molecule has 2 heterocycles. The van der Waals surface area contributed by atoms with Crippen LogP contribution in [0.15, 0.2) is 24.4 Å². The Kier molecular flexibility index (Phi) is 6.80. The zero-order chi connectivity index (χ0) is 16.5. The second kappa shape index (κ2) is 9.09. The van der Waals surface area contributed by atoms with Crippen LogP contribution in [0.3, 0.4) is 0 Å². The molecular formula is C16H24N4O3. The number of nitrogens with zero attached hydrogens (tertiary/aromatic N) is 3. The number of rotatable bonds is 6. The average molecular weight is 320 g/mol. The molecule has 7 nitrogen and oxygen atoms in total. The van der Waals surface area contributed by atoms with E-state index < -0.39 is 0 Å². The molecule has 2 rings (SSSR count). The molecule has 1 aliphatic heterocycles. The van der Waals surface area contributed by atoms with E-state index in [1.165, 1.54) is 0 Å². The number of carbonyl (C=O) groups excluding carboxylic acids is 2. The average Bonchev–Trinajstić information content (AvgIpc) is 2.60. The number of nitrogens with one attached hydrogen (secondary N) is 1. The molecule has 126 valence electrons. The number of pyridine rings is 1. The summed E-state index contributed by atoms with van der Waals surface area (Å²) in [6.45, 7) is 5.64. The van der Waals surface area contributed by atoms with E-state index >= 15 is 0 Å². The highest BCUT2D eigenvalue weighted by atomic mass is 16.6. The molecule has 0 radical (unpaired) electrons. The summed E-state index contributed by atoms with van der Waals surface area (Å²) in [6.07, 6.45) is 1.91. The first-order chi connectivity index (χ1) is 11.2. The summed E-state index contributed by atoms with van der Waals surface area (Å²) in [6, 6.07) is 5.77. The first-order valence-corrected chi connectivity index (χ1v) is 8.00. The molecule has 1 N–H and O–H groups in total. The molecule has 1 aromatic heterocycles. The summed E-state index contributed by atoms with van der Waals surface area (Å²) in [4.78, 5) is 31.4. The highest BCUT2D eigenvalue weighted by molar-refractivity contribution is 5.77. The quantitative estimate of drug-likeness (QED) is 0.787. The maximum atomic E-state index is 12.1. The molecule has 7 heteroatoms. The number of ether oxygens (including phenoxy) is 1. The summed E-state index contributed by atoms with van der Waals surface area (Å²) in [7, 11) is 0. The van der Waals surface area contributed by atoms with Gasteiger partial charge in [-0.1, -0.05) is 6.07 Å². The number of amides is 2. The molecule has 1 aliphatic rings. The minimum absolute atomic E-state index is 0.113. The second-order valence-electron chi connectivity index (χ2n) is 5.31. The minimum atomic E-state index is -0.295. The van der Waals surface area contributed by atoms with Gasteiger partial charge >= 0.3 is 6.09 Å². The lowest BCUT2D eigenvalue weighted by Gasteiger charge is -2.34. The SMILES string of the molecule is CCOC(=O)N1CCN(C(=O)CCNCc2ccccn2)CC1. The zero-order valence-electron chi connectivity index (χ0n) is 13.5. The highest BCUT2D eigenvalue weighted by Crippen LogP contribution is 2.05. The highest BCUT2D eigenvalue weighted by Gasteiger charge is 2.24. The van der Waals surface area contributed by atoms with Crippen LogP contribution >= 0.6 is 0 Å². The molecule has 0 spiro atoms. The molecule has 1 aromatic rings. The Hall–Kier alpha value is -2.15. The van der Waals surface area contributed by atoms with Crippen LogP contribution in [0.1, 0.15) is 19.0 Å². The number of aromatic nitrogens is 1. The molecule has 0 atom stereocenters. The van der Waals surface area contributed by atoms with Gasteiger partial charge < -0.3 is 19.9 Å². The third-order valence-corrected chi connectivity index (χ3v) is 3.71. The Labute approximate surface area is 136 Å². The molecular weight excluding hydrogens is 296 g/mol. The molecule has 2 amide bonds. The van der Waals surface area contributed by atoms with Gasteiger partial charge in [0.15, 0.2) is 0 Å². The molecule has 0 unspecified atom stereocenters. The van der Waals surface area contributed by atoms with Gasteiger partial charge in [0.25, 0.3) is 0 Å². The van der Waals surface area contributed by atoms with Crippen molar-refractivity contribution in [1.82, 2.24) is 20.1 Å². The van der Waals surface area contributed by atoms with Gasteiger partial charge in [-0.2, -0.15) is 0 Å². The van der Waals surface area contributed by atoms with Crippen LogP contribution in [0, 0.1) is 0 Å². The summed E-state index contributed by atoms with van der Waals surface area (Å²) >= 11 is 0. The van der Waals surface area contributed by atoms with Crippen LogP contribution in [0.2, 0.25) is 0 Å². The van der Waals surface area contributed by atoms with E-state index in [9.17, 15) is 9.59 Å². The van der Waals surface area contributed by atoms with Crippen LogP contribution in [-0.4, -0.2) is 66.1 Å². The van der Waals surface area contributed by atoms with E-state index in [0.29, 0.717) is 52.3 Å². The molecule has 0 saturated carbocycles. The Bertz CT molecular complexity index is 501. The van der Waals surface area contributed by atoms with Crippen molar-refractivity contribution in [3.8, 4) is 0 Å². The number of hydrogen-bond donors (Lipinski definition) is 1. The van der Waals surface area contributed by atoms with E-state index in [1.807, 2.05) is 18.2 Å². The van der Waals surface area contributed by atoms with Crippen LogP contribution in [0.25, 0.3) is 0 Å². The normalized spacial score (nSPS) is 14.7. The van der Waals surface area contributed by atoms with E-state index in [2.05, 4.69) is 10.3 Å². The van der Waals surface area contributed by atoms with Crippen molar-refractivity contribution in [3.63, 3.8) is 0 Å². The van der Waals surface area contributed by atoms with Gasteiger partial charge in [-0.05, 0) is 19.1 Å². The largest absolute Gasteiger partial charge is 0.450 e. The fraction of sp³-hybridized carbons (Fsp3) is 0.562. The molecule has 0 aliphatic carbocycles. The van der Waals surface area contributed by atoms with Gasteiger partial charge in [0.1, 0.15) is 0 Å². The van der Waals surface area contributed by atoms with E-state index in [1.54, 1.807) is 22.9 Å². The summed E-state index contributed by atoms with van der Waals surface area (Å²) in [5.41, 5.74) is 0.961. The van der Waals surface area contributed by atoms with Crippen molar-refractivity contribution in [1.29, 1.82) is 0 Å². The first kappa shape index (κ1) is 17.2. The standard InChI is InChI=1S/C16H24N4O3/c1-2-23-16(22)20-11-9-19(10-12-20)15(21)6-8-17-13-14-5-3-4-7-18-14/h3-5,7,17H,2,6,8-13H2,1H3. The lowest BCUT2D eigenvalue weighted by atomic mass is 10.2. The molecule has 0 aromatic carbocycles. The molecule has 0 bridgehead atoms. The van der Waals surface area contributed by atoms with Crippen LogP contribution in [-0.2, 0) is 16.1 Å². The van der Waals surface area contributed by atoms with E-state index in [4.69, 9.17) is 4.74 Å². The van der Waals surface area contributed by atoms with Gasteiger partial charge in [-0.25, -0.2) is 4.79 Å². The fourth-order valence-electron chi connectivity index (χ4n) is 2.43.